The van der Waals surface area contributed by atoms with Crippen LogP contribution in [0.25, 0.3) is 0 Å². The molecule has 0 spiro atoms. The van der Waals surface area contributed by atoms with Gasteiger partial charge in [0.1, 0.15) is 0 Å². The molecule has 0 heterocycles. The minimum atomic E-state index is -4.59. The molecule has 82 valence electrons. The molecular weight excluding hydrogens is 227 g/mol. The molecule has 0 fully saturated rings. The van der Waals surface area contributed by atoms with Crippen LogP contribution in [-0.4, -0.2) is 11.3 Å². The molecule has 0 radical (unpaired) electrons. The van der Waals surface area contributed by atoms with E-state index in [-0.39, 0.29) is 5.69 Å². The Hall–Kier alpha value is -1.03. The lowest BCUT2D eigenvalue weighted by Crippen LogP contribution is -2.16. The molecule has 0 atom stereocenters. The van der Waals surface area contributed by atoms with Gasteiger partial charge in [-0.2, -0.15) is 13.2 Å². The van der Waals surface area contributed by atoms with Gasteiger partial charge >= 0.3 is 6.18 Å². The van der Waals surface area contributed by atoms with Crippen LogP contribution >= 0.6 is 11.6 Å². The molecule has 15 heavy (non-hydrogen) atoms. The average Bonchev–Trinajstić information content (AvgIpc) is 2.09. The van der Waals surface area contributed by atoms with Gasteiger partial charge in [-0.05, 0) is 31.0 Å². The Morgan fingerprint density at radius 2 is 1.87 bits per heavy atom. The third-order valence-corrected chi connectivity index (χ3v) is 2.12. The van der Waals surface area contributed by atoms with Gasteiger partial charge in [0.15, 0.2) is 0 Å². The van der Waals surface area contributed by atoms with Gasteiger partial charge in [-0.1, -0.05) is 23.7 Å². The molecule has 0 unspecified atom stereocenters. The highest BCUT2D eigenvalue weighted by molar-refractivity contribution is 6.67. The van der Waals surface area contributed by atoms with Crippen molar-refractivity contribution in [1.82, 2.24) is 0 Å². The topological polar surface area (TPSA) is 12.4 Å². The highest BCUT2D eigenvalue weighted by Gasteiger charge is 2.34. The molecule has 0 saturated carbocycles. The molecule has 0 aliphatic carbocycles. The van der Waals surface area contributed by atoms with E-state index in [0.29, 0.717) is 5.56 Å². The molecule has 5 heteroatoms. The van der Waals surface area contributed by atoms with Crippen LogP contribution in [0.2, 0.25) is 0 Å². The van der Waals surface area contributed by atoms with E-state index in [0.717, 1.165) is 5.56 Å². The van der Waals surface area contributed by atoms with E-state index in [1.54, 1.807) is 32.0 Å². The van der Waals surface area contributed by atoms with Crippen LogP contribution in [0, 0.1) is 13.8 Å². The second-order valence-electron chi connectivity index (χ2n) is 3.19. The Balaban J connectivity index is 3.13. The number of aliphatic imine (C=N–C) groups is 1. The van der Waals surface area contributed by atoms with Gasteiger partial charge in [-0.15, -0.1) is 0 Å². The van der Waals surface area contributed by atoms with Gasteiger partial charge in [-0.3, -0.25) is 0 Å². The Labute approximate surface area is 90.6 Å². The van der Waals surface area contributed by atoms with E-state index in [4.69, 9.17) is 11.6 Å². The largest absolute Gasteiger partial charge is 0.444 e. The van der Waals surface area contributed by atoms with Crippen LogP contribution in [-0.2, 0) is 0 Å². The summed E-state index contributed by atoms with van der Waals surface area (Å²) in [6, 6.07) is 5.06. The highest BCUT2D eigenvalue weighted by Crippen LogP contribution is 2.26. The van der Waals surface area contributed by atoms with Crippen LogP contribution in [0.3, 0.4) is 0 Å². The predicted molar refractivity (Wildman–Crippen MR) is 54.9 cm³/mol. The number of hydrogen-bond donors (Lipinski definition) is 0. The van der Waals surface area contributed by atoms with Crippen molar-refractivity contribution in [2.45, 2.75) is 20.0 Å². The first-order chi connectivity index (χ1) is 6.80. The smallest absolute Gasteiger partial charge is 0.232 e. The quantitative estimate of drug-likeness (QED) is 0.649. The molecule has 0 saturated heterocycles. The van der Waals surface area contributed by atoms with Crippen molar-refractivity contribution in [3.63, 3.8) is 0 Å². The molecule has 1 aromatic carbocycles. The Bertz CT molecular complexity index is 396. The van der Waals surface area contributed by atoms with E-state index >= 15 is 0 Å². The number of halogens is 4. The maximum Gasteiger partial charge on any atom is 0.444 e. The normalized spacial score (nSPS) is 13.1. The van der Waals surface area contributed by atoms with Crippen molar-refractivity contribution < 1.29 is 13.2 Å². The first-order valence-corrected chi connectivity index (χ1v) is 4.57. The molecule has 0 N–H and O–H groups in total. The summed E-state index contributed by atoms with van der Waals surface area (Å²) in [6.45, 7) is 3.46. The molecule has 0 aromatic heterocycles. The summed E-state index contributed by atoms with van der Waals surface area (Å²) in [7, 11) is 0. The maximum atomic E-state index is 12.1. The van der Waals surface area contributed by atoms with E-state index in [1.165, 1.54) is 0 Å². The predicted octanol–water partition coefficient (Wildman–Crippen LogP) is 4.13. The van der Waals surface area contributed by atoms with Crippen molar-refractivity contribution >= 4 is 22.5 Å². The third-order valence-electron chi connectivity index (χ3n) is 1.82. The number of alkyl halides is 3. The molecule has 0 bridgehead atoms. The fraction of sp³-hybridized carbons (Fsp3) is 0.300. The summed E-state index contributed by atoms with van der Waals surface area (Å²) in [5, 5.41) is -1.35. The lowest BCUT2D eigenvalue weighted by atomic mass is 10.1. The maximum absolute atomic E-state index is 12.1. The minimum Gasteiger partial charge on any atom is -0.232 e. The summed E-state index contributed by atoms with van der Waals surface area (Å²) < 4.78 is 36.3. The summed E-state index contributed by atoms with van der Waals surface area (Å²) in [4.78, 5) is 3.35. The van der Waals surface area contributed by atoms with Crippen LogP contribution in [0.15, 0.2) is 23.2 Å². The Morgan fingerprint density at radius 3 is 2.40 bits per heavy atom. The second kappa shape index (κ2) is 4.23. The number of nitrogens with zero attached hydrogens (tertiary/aromatic N) is 1. The number of aryl methyl sites for hydroxylation is 2. The molecule has 0 aliphatic heterocycles. The zero-order valence-corrected chi connectivity index (χ0v) is 8.95. The third kappa shape index (κ3) is 3.23. The van der Waals surface area contributed by atoms with E-state index in [2.05, 4.69) is 4.99 Å². The fourth-order valence-electron chi connectivity index (χ4n) is 1.01. The average molecular weight is 236 g/mol. The van der Waals surface area contributed by atoms with Gasteiger partial charge < -0.3 is 0 Å². The zero-order valence-electron chi connectivity index (χ0n) is 8.19. The standard InChI is InChI=1S/C10H9ClF3N/c1-6-3-4-7(2)8(5-6)15-9(11)10(12,13)14/h3-5H,1-2H3. The molecule has 1 aromatic rings. The Kier molecular flexibility index (Phi) is 3.39. The van der Waals surface area contributed by atoms with E-state index in [1.807, 2.05) is 0 Å². The SMILES string of the molecule is Cc1ccc(C)c(N=C(Cl)C(F)(F)F)c1. The van der Waals surface area contributed by atoms with Gasteiger partial charge in [0.2, 0.25) is 5.17 Å². The van der Waals surface area contributed by atoms with Crippen molar-refractivity contribution in [2.24, 2.45) is 4.99 Å². The molecular formula is C10H9ClF3N. The first kappa shape index (κ1) is 12.0. The van der Waals surface area contributed by atoms with Crippen molar-refractivity contribution in [2.75, 3.05) is 0 Å². The van der Waals surface area contributed by atoms with Crippen LogP contribution in [0.4, 0.5) is 18.9 Å². The second-order valence-corrected chi connectivity index (χ2v) is 3.55. The fourth-order valence-corrected chi connectivity index (χ4v) is 1.10. The summed E-state index contributed by atoms with van der Waals surface area (Å²) >= 11 is 5.04. The van der Waals surface area contributed by atoms with Crippen molar-refractivity contribution in [3.05, 3.63) is 29.3 Å². The van der Waals surface area contributed by atoms with Gasteiger partial charge in [0.25, 0.3) is 0 Å². The van der Waals surface area contributed by atoms with Gasteiger partial charge in [-0.25, -0.2) is 4.99 Å². The summed E-state index contributed by atoms with van der Waals surface area (Å²) in [6.07, 6.45) is -4.59. The molecule has 1 rings (SSSR count). The zero-order chi connectivity index (χ0) is 11.6. The van der Waals surface area contributed by atoms with E-state index < -0.39 is 11.3 Å². The van der Waals surface area contributed by atoms with Crippen molar-refractivity contribution in [1.29, 1.82) is 0 Å². The van der Waals surface area contributed by atoms with Gasteiger partial charge in [0, 0.05) is 0 Å². The van der Waals surface area contributed by atoms with Crippen LogP contribution < -0.4 is 0 Å². The lowest BCUT2D eigenvalue weighted by molar-refractivity contribution is -0.0558. The molecule has 1 nitrogen and oxygen atoms in total. The van der Waals surface area contributed by atoms with Gasteiger partial charge in [0.05, 0.1) is 5.69 Å². The van der Waals surface area contributed by atoms with Crippen molar-refractivity contribution in [3.8, 4) is 0 Å². The monoisotopic (exact) mass is 235 g/mol. The molecule has 0 amide bonds. The summed E-state index contributed by atoms with van der Waals surface area (Å²) in [5.74, 6) is 0. The number of hydrogen-bond acceptors (Lipinski definition) is 1. The van der Waals surface area contributed by atoms with E-state index in [9.17, 15) is 13.2 Å². The first-order valence-electron chi connectivity index (χ1n) is 4.19. The van der Waals surface area contributed by atoms with Crippen LogP contribution in [0.5, 0.6) is 0 Å². The summed E-state index contributed by atoms with van der Waals surface area (Å²) in [5.41, 5.74) is 1.74. The minimum absolute atomic E-state index is 0.248. The van der Waals surface area contributed by atoms with Crippen LogP contribution in [0.1, 0.15) is 11.1 Å². The number of benzene rings is 1. The Morgan fingerprint density at radius 1 is 1.27 bits per heavy atom. The highest BCUT2D eigenvalue weighted by atomic mass is 35.5. The molecule has 0 aliphatic rings. The number of rotatable bonds is 1. The lowest BCUT2D eigenvalue weighted by Gasteiger charge is -2.05.